The number of amides is 2. The lowest BCUT2D eigenvalue weighted by atomic mass is 10.1. The molecule has 0 radical (unpaired) electrons. The molecule has 3 N–H and O–H groups in total. The molecule has 0 atom stereocenters. The van der Waals surface area contributed by atoms with Gasteiger partial charge in [-0.15, -0.1) is 11.8 Å². The minimum atomic E-state index is -0.397. The third kappa shape index (κ3) is 3.91. The second kappa shape index (κ2) is 8.13. The van der Waals surface area contributed by atoms with Gasteiger partial charge in [0.1, 0.15) is 0 Å². The van der Waals surface area contributed by atoms with Gasteiger partial charge in [-0.25, -0.2) is 4.68 Å². The zero-order chi connectivity index (χ0) is 20.4. The summed E-state index contributed by atoms with van der Waals surface area (Å²) >= 11 is 1.31. The molecule has 7 heteroatoms. The van der Waals surface area contributed by atoms with Gasteiger partial charge in [-0.2, -0.15) is 5.10 Å². The summed E-state index contributed by atoms with van der Waals surface area (Å²) in [5, 5.41) is 7.66. The molecule has 6 nitrogen and oxygen atoms in total. The molecule has 0 spiro atoms. The van der Waals surface area contributed by atoms with Gasteiger partial charge in [-0.1, -0.05) is 30.3 Å². The van der Waals surface area contributed by atoms with Crippen molar-refractivity contribution in [2.75, 3.05) is 11.1 Å². The number of nitrogens with two attached hydrogens (primary N) is 1. The predicted octanol–water partition coefficient (Wildman–Crippen LogP) is 3.50. The van der Waals surface area contributed by atoms with E-state index in [1.807, 2.05) is 60.1 Å². The molecule has 0 unspecified atom stereocenters. The number of benzene rings is 2. The van der Waals surface area contributed by atoms with E-state index in [0.717, 1.165) is 46.7 Å². The van der Waals surface area contributed by atoms with Gasteiger partial charge in [0.25, 0.3) is 5.91 Å². The number of para-hydroxylation sites is 2. The summed E-state index contributed by atoms with van der Waals surface area (Å²) in [4.78, 5) is 25.0. The summed E-state index contributed by atoms with van der Waals surface area (Å²) in [6, 6.07) is 15.4. The Kier molecular flexibility index (Phi) is 5.40. The standard InChI is InChI=1S/C22H22N4O2S/c1-14-7-2-4-10-17(14)26-18-11-6-8-15(18)21(25-26)22(28)24-16-9-3-5-12-19(16)29-13-20(23)27/h2-5,7,9-10,12H,6,8,11,13H2,1H3,(H2,23,27)(H,24,28). The molecule has 0 aliphatic heterocycles. The highest BCUT2D eigenvalue weighted by molar-refractivity contribution is 8.00. The molecule has 1 aliphatic rings. The zero-order valence-electron chi connectivity index (χ0n) is 16.1. The van der Waals surface area contributed by atoms with Crippen LogP contribution in [-0.4, -0.2) is 27.3 Å². The largest absolute Gasteiger partial charge is 0.369 e. The van der Waals surface area contributed by atoms with Crippen LogP contribution in [0.3, 0.4) is 0 Å². The van der Waals surface area contributed by atoms with Gasteiger partial charge in [0.05, 0.1) is 17.1 Å². The second-order valence-electron chi connectivity index (χ2n) is 7.03. The van der Waals surface area contributed by atoms with Crippen LogP contribution in [0.25, 0.3) is 5.69 Å². The van der Waals surface area contributed by atoms with Crippen LogP contribution in [0.15, 0.2) is 53.4 Å². The highest BCUT2D eigenvalue weighted by Crippen LogP contribution is 2.31. The Morgan fingerprint density at radius 3 is 2.69 bits per heavy atom. The third-order valence-electron chi connectivity index (χ3n) is 4.99. The number of thioether (sulfide) groups is 1. The topological polar surface area (TPSA) is 90.0 Å². The number of carbonyl (C=O) groups is 2. The first-order chi connectivity index (χ1) is 14.0. The Morgan fingerprint density at radius 2 is 1.90 bits per heavy atom. The van der Waals surface area contributed by atoms with Gasteiger partial charge in [0.2, 0.25) is 5.91 Å². The normalized spacial score (nSPS) is 12.6. The van der Waals surface area contributed by atoms with Gasteiger partial charge in [0, 0.05) is 16.2 Å². The molecule has 3 aromatic rings. The molecule has 0 saturated heterocycles. The monoisotopic (exact) mass is 406 g/mol. The van der Waals surface area contributed by atoms with Crippen molar-refractivity contribution in [2.24, 2.45) is 5.73 Å². The zero-order valence-corrected chi connectivity index (χ0v) is 17.0. The number of primary amides is 1. The van der Waals surface area contributed by atoms with Crippen LogP contribution in [0, 0.1) is 6.92 Å². The fraction of sp³-hybridized carbons (Fsp3) is 0.227. The lowest BCUT2D eigenvalue weighted by molar-refractivity contribution is -0.115. The number of fused-ring (bicyclic) bond motifs is 1. The van der Waals surface area contributed by atoms with E-state index >= 15 is 0 Å². The molecule has 1 heterocycles. The fourth-order valence-electron chi connectivity index (χ4n) is 3.65. The van der Waals surface area contributed by atoms with Gasteiger partial charge in [-0.3, -0.25) is 9.59 Å². The van der Waals surface area contributed by atoms with Crippen LogP contribution in [0.1, 0.15) is 33.7 Å². The van der Waals surface area contributed by atoms with E-state index in [1.165, 1.54) is 11.8 Å². The summed E-state index contributed by atoms with van der Waals surface area (Å²) in [5.41, 5.74) is 10.6. The predicted molar refractivity (Wildman–Crippen MR) is 115 cm³/mol. The summed E-state index contributed by atoms with van der Waals surface area (Å²) in [6.45, 7) is 2.05. The number of nitrogens with one attached hydrogen (secondary N) is 1. The Hall–Kier alpha value is -3.06. The van der Waals surface area contributed by atoms with Crippen molar-refractivity contribution in [3.8, 4) is 5.69 Å². The Labute approximate surface area is 173 Å². The van der Waals surface area contributed by atoms with E-state index in [4.69, 9.17) is 5.73 Å². The van der Waals surface area contributed by atoms with Crippen LogP contribution < -0.4 is 11.1 Å². The maximum absolute atomic E-state index is 13.1. The number of aryl methyl sites for hydroxylation is 1. The molecule has 29 heavy (non-hydrogen) atoms. The Bertz CT molecular complexity index is 1090. The number of hydrogen-bond donors (Lipinski definition) is 2. The molecule has 148 valence electrons. The molecular formula is C22H22N4O2S. The minimum absolute atomic E-state index is 0.157. The average Bonchev–Trinajstić information content (AvgIpc) is 3.30. The summed E-state index contributed by atoms with van der Waals surface area (Å²) in [6.07, 6.45) is 2.78. The Balaban J connectivity index is 1.65. The van der Waals surface area contributed by atoms with Gasteiger partial charge in [0.15, 0.2) is 5.69 Å². The molecule has 0 fully saturated rings. The first kappa shape index (κ1) is 19.3. The van der Waals surface area contributed by atoms with Crippen molar-refractivity contribution in [3.63, 3.8) is 0 Å². The highest BCUT2D eigenvalue weighted by Gasteiger charge is 2.27. The minimum Gasteiger partial charge on any atom is -0.369 e. The van der Waals surface area contributed by atoms with Crippen molar-refractivity contribution < 1.29 is 9.59 Å². The van der Waals surface area contributed by atoms with E-state index in [9.17, 15) is 9.59 Å². The maximum Gasteiger partial charge on any atom is 0.276 e. The van der Waals surface area contributed by atoms with E-state index in [0.29, 0.717) is 11.4 Å². The number of anilines is 1. The van der Waals surface area contributed by atoms with Crippen molar-refractivity contribution in [2.45, 2.75) is 31.1 Å². The molecule has 2 aromatic carbocycles. The third-order valence-corrected chi connectivity index (χ3v) is 6.09. The van der Waals surface area contributed by atoms with Crippen LogP contribution >= 0.6 is 11.8 Å². The van der Waals surface area contributed by atoms with Crippen LogP contribution in [-0.2, 0) is 17.6 Å². The molecule has 1 aliphatic carbocycles. The summed E-state index contributed by atoms with van der Waals surface area (Å²) < 4.78 is 1.92. The molecular weight excluding hydrogens is 384 g/mol. The lowest BCUT2D eigenvalue weighted by Gasteiger charge is -2.10. The van der Waals surface area contributed by atoms with Crippen LogP contribution in [0.2, 0.25) is 0 Å². The van der Waals surface area contributed by atoms with Gasteiger partial charge < -0.3 is 11.1 Å². The first-order valence-corrected chi connectivity index (χ1v) is 10.5. The number of nitrogens with zero attached hydrogens (tertiary/aromatic N) is 2. The van der Waals surface area contributed by atoms with Crippen molar-refractivity contribution >= 4 is 29.3 Å². The molecule has 2 amide bonds. The number of rotatable bonds is 6. The molecule has 0 bridgehead atoms. The number of carbonyl (C=O) groups excluding carboxylic acids is 2. The van der Waals surface area contributed by atoms with Crippen molar-refractivity contribution in [1.82, 2.24) is 9.78 Å². The Morgan fingerprint density at radius 1 is 1.14 bits per heavy atom. The van der Waals surface area contributed by atoms with Crippen molar-refractivity contribution in [3.05, 3.63) is 71.0 Å². The van der Waals surface area contributed by atoms with Crippen molar-refractivity contribution in [1.29, 1.82) is 0 Å². The molecule has 0 saturated carbocycles. The molecule has 1 aromatic heterocycles. The summed E-state index contributed by atoms with van der Waals surface area (Å²) in [5.74, 6) is -0.474. The quantitative estimate of drug-likeness (QED) is 0.613. The van der Waals surface area contributed by atoms with E-state index in [-0.39, 0.29) is 11.7 Å². The van der Waals surface area contributed by atoms with E-state index < -0.39 is 5.91 Å². The second-order valence-corrected chi connectivity index (χ2v) is 8.05. The summed E-state index contributed by atoms with van der Waals surface area (Å²) in [7, 11) is 0. The maximum atomic E-state index is 13.1. The fourth-order valence-corrected chi connectivity index (χ4v) is 4.39. The van der Waals surface area contributed by atoms with Crippen LogP contribution in [0.4, 0.5) is 5.69 Å². The first-order valence-electron chi connectivity index (χ1n) is 9.53. The highest BCUT2D eigenvalue weighted by atomic mass is 32.2. The van der Waals surface area contributed by atoms with Gasteiger partial charge in [-0.05, 0) is 49.9 Å². The SMILES string of the molecule is Cc1ccccc1-n1nc(C(=O)Nc2ccccc2SCC(N)=O)c2c1CCC2. The van der Waals surface area contributed by atoms with Crippen LogP contribution in [0.5, 0.6) is 0 Å². The smallest absolute Gasteiger partial charge is 0.276 e. The van der Waals surface area contributed by atoms with E-state index in [2.05, 4.69) is 10.4 Å². The van der Waals surface area contributed by atoms with Gasteiger partial charge >= 0.3 is 0 Å². The molecule has 4 rings (SSSR count). The lowest BCUT2D eigenvalue weighted by Crippen LogP contribution is -2.16. The number of aromatic nitrogens is 2. The average molecular weight is 407 g/mol. The number of hydrogen-bond acceptors (Lipinski definition) is 4. The van der Waals surface area contributed by atoms with E-state index in [1.54, 1.807) is 0 Å².